The lowest BCUT2D eigenvalue weighted by Gasteiger charge is -1.77. The quantitative estimate of drug-likeness (QED) is 0.380. The van der Waals surface area contributed by atoms with Gasteiger partial charge in [-0.05, 0) is 11.8 Å². The van der Waals surface area contributed by atoms with Crippen LogP contribution in [0.3, 0.4) is 0 Å². The van der Waals surface area contributed by atoms with Crippen molar-refractivity contribution in [3.8, 4) is 0 Å². The minimum atomic E-state index is 0.477. The van der Waals surface area contributed by atoms with Crippen molar-refractivity contribution in [2.24, 2.45) is 5.73 Å². The molecule has 0 aliphatic carbocycles. The van der Waals surface area contributed by atoms with E-state index in [1.165, 1.54) is 0 Å². The van der Waals surface area contributed by atoms with Crippen LogP contribution in [0, 0.1) is 0 Å². The van der Waals surface area contributed by atoms with Gasteiger partial charge < -0.3 is 5.73 Å². The van der Waals surface area contributed by atoms with Crippen LogP contribution < -0.4 is 10.8 Å². The second kappa shape index (κ2) is 4.44. The van der Waals surface area contributed by atoms with Crippen molar-refractivity contribution in [2.75, 3.05) is 6.67 Å². The fraction of sp³-hybridized carbons (Fsp3) is 1.00. The highest BCUT2D eigenvalue weighted by atomic mass is 32.4. The molecule has 0 amide bonds. The summed E-state index contributed by atoms with van der Waals surface area (Å²) in [6, 6.07) is 0. The van der Waals surface area contributed by atoms with E-state index in [1.54, 1.807) is 0 Å². The summed E-state index contributed by atoms with van der Waals surface area (Å²) in [5, 5.41) is 2.68. The third-order valence-electron chi connectivity index (χ3n) is 0.156. The molecule has 0 radical (unpaired) electrons. The SMILES string of the molecule is NCNP=S. The van der Waals surface area contributed by atoms with E-state index < -0.39 is 0 Å². The average molecular weight is 108 g/mol. The predicted octanol–water partition coefficient (Wildman–Crippen LogP) is -0.185. The van der Waals surface area contributed by atoms with Gasteiger partial charge in [0.25, 0.3) is 0 Å². The molecule has 0 bridgehead atoms. The summed E-state index contributed by atoms with van der Waals surface area (Å²) in [7, 11) is 0.738. The number of nitrogens with two attached hydrogens (primary N) is 1. The molecular formula is CH5N2PS. The summed E-state index contributed by atoms with van der Waals surface area (Å²) in [4.78, 5) is 0. The third kappa shape index (κ3) is 4.44. The van der Waals surface area contributed by atoms with Crippen LogP contribution in [0.4, 0.5) is 0 Å². The maximum atomic E-state index is 4.95. The van der Waals surface area contributed by atoms with Crippen molar-refractivity contribution < 1.29 is 0 Å². The van der Waals surface area contributed by atoms with Crippen LogP contribution in [0.15, 0.2) is 0 Å². The Labute approximate surface area is 37.6 Å². The number of nitrogens with one attached hydrogen (secondary N) is 1. The number of hydrogen-bond acceptors (Lipinski definition) is 2. The standard InChI is InChI=1S/CH5N2PS/c2-1-3-4-5/h1-2H2,(H,3,5). The van der Waals surface area contributed by atoms with Crippen molar-refractivity contribution in [1.82, 2.24) is 5.09 Å². The van der Waals surface area contributed by atoms with E-state index in [2.05, 4.69) is 16.9 Å². The van der Waals surface area contributed by atoms with Crippen molar-refractivity contribution in [3.63, 3.8) is 0 Å². The Kier molecular flexibility index (Phi) is 4.83. The van der Waals surface area contributed by atoms with Crippen LogP contribution in [-0.4, -0.2) is 6.67 Å². The average Bonchev–Trinajstić information content (AvgIpc) is 1.41. The van der Waals surface area contributed by atoms with E-state index in [0.29, 0.717) is 6.67 Å². The summed E-state index contributed by atoms with van der Waals surface area (Å²) < 4.78 is 0. The molecule has 0 heterocycles. The van der Waals surface area contributed by atoms with E-state index >= 15 is 0 Å². The fourth-order valence-electron chi connectivity index (χ4n) is 0.0373. The first-order valence-corrected chi connectivity index (χ1v) is 3.08. The molecule has 0 aliphatic rings. The topological polar surface area (TPSA) is 38.0 Å². The molecule has 5 heavy (non-hydrogen) atoms. The molecule has 2 nitrogen and oxygen atoms in total. The Hall–Kier alpha value is 0.440. The van der Waals surface area contributed by atoms with E-state index in [1.807, 2.05) is 0 Å². The van der Waals surface area contributed by atoms with Gasteiger partial charge in [0.2, 0.25) is 0 Å². The van der Waals surface area contributed by atoms with E-state index in [0.717, 1.165) is 7.51 Å². The van der Waals surface area contributed by atoms with Crippen molar-refractivity contribution in [2.45, 2.75) is 0 Å². The summed E-state index contributed by atoms with van der Waals surface area (Å²) in [5.41, 5.74) is 4.95. The van der Waals surface area contributed by atoms with E-state index in [9.17, 15) is 0 Å². The zero-order valence-electron chi connectivity index (χ0n) is 2.64. The molecule has 0 aromatic carbocycles. The van der Waals surface area contributed by atoms with Gasteiger partial charge in [-0.15, -0.1) is 0 Å². The summed E-state index contributed by atoms with van der Waals surface area (Å²) in [6.07, 6.45) is 0. The molecule has 0 atom stereocenters. The van der Waals surface area contributed by atoms with Gasteiger partial charge in [-0.25, -0.2) is 5.09 Å². The summed E-state index contributed by atoms with van der Waals surface area (Å²) in [5.74, 6) is 0. The molecule has 0 aliphatic heterocycles. The van der Waals surface area contributed by atoms with Crippen LogP contribution in [0.5, 0.6) is 0 Å². The molecule has 30 valence electrons. The highest BCUT2D eigenvalue weighted by Crippen LogP contribution is 1.72. The van der Waals surface area contributed by atoms with Gasteiger partial charge in [0, 0.05) is 0 Å². The zero-order chi connectivity index (χ0) is 4.12. The van der Waals surface area contributed by atoms with Crippen molar-refractivity contribution >= 4 is 19.3 Å². The van der Waals surface area contributed by atoms with Crippen LogP contribution in [0.2, 0.25) is 0 Å². The molecule has 0 spiro atoms. The third-order valence-corrected chi connectivity index (χ3v) is 0.855. The van der Waals surface area contributed by atoms with Gasteiger partial charge in [-0.1, -0.05) is 0 Å². The largest absolute Gasteiger partial charge is 0.318 e. The maximum absolute atomic E-state index is 4.95. The van der Waals surface area contributed by atoms with Gasteiger partial charge in [-0.3, -0.25) is 0 Å². The van der Waals surface area contributed by atoms with Gasteiger partial charge in [0.05, 0.1) is 14.2 Å². The van der Waals surface area contributed by atoms with E-state index in [-0.39, 0.29) is 0 Å². The molecule has 4 heteroatoms. The highest BCUT2D eigenvalue weighted by Gasteiger charge is 1.58. The molecule has 0 saturated carbocycles. The first-order valence-electron chi connectivity index (χ1n) is 1.17. The van der Waals surface area contributed by atoms with Crippen molar-refractivity contribution in [1.29, 1.82) is 0 Å². The maximum Gasteiger partial charge on any atom is 0.0596 e. The first-order chi connectivity index (χ1) is 2.41. The molecule has 0 saturated heterocycles. The Morgan fingerprint density at radius 3 is 2.60 bits per heavy atom. The first kappa shape index (κ1) is 5.44. The molecular weight excluding hydrogens is 103 g/mol. The number of hydrogen-bond donors (Lipinski definition) is 2. The lowest BCUT2D eigenvalue weighted by molar-refractivity contribution is 0.986. The van der Waals surface area contributed by atoms with Crippen molar-refractivity contribution in [3.05, 3.63) is 0 Å². The minimum absolute atomic E-state index is 0.477. The highest BCUT2D eigenvalue weighted by molar-refractivity contribution is 7.95. The normalized spacial score (nSPS) is 9.00. The Bertz CT molecular complexity index is 30.8. The second-order valence-electron chi connectivity index (χ2n) is 0.454. The molecule has 0 unspecified atom stereocenters. The Balaban J connectivity index is 2.40. The predicted molar refractivity (Wildman–Crippen MR) is 26.5 cm³/mol. The zero-order valence-corrected chi connectivity index (χ0v) is 4.35. The molecule has 0 fully saturated rings. The van der Waals surface area contributed by atoms with E-state index in [4.69, 9.17) is 5.73 Å². The van der Waals surface area contributed by atoms with Crippen LogP contribution in [0.25, 0.3) is 0 Å². The minimum Gasteiger partial charge on any atom is -0.318 e. The van der Waals surface area contributed by atoms with Gasteiger partial charge in [0.1, 0.15) is 0 Å². The van der Waals surface area contributed by atoms with Gasteiger partial charge in [-0.2, -0.15) is 0 Å². The smallest absolute Gasteiger partial charge is 0.0596 e. The monoisotopic (exact) mass is 108 g/mol. The molecule has 0 rings (SSSR count). The summed E-state index contributed by atoms with van der Waals surface area (Å²) >= 11 is 4.43. The fourth-order valence-corrected chi connectivity index (χ4v) is 0.335. The van der Waals surface area contributed by atoms with Gasteiger partial charge >= 0.3 is 0 Å². The van der Waals surface area contributed by atoms with Crippen LogP contribution in [-0.2, 0) is 11.8 Å². The molecule has 3 N–H and O–H groups in total. The van der Waals surface area contributed by atoms with Crippen LogP contribution in [0.1, 0.15) is 0 Å². The number of rotatable bonds is 2. The summed E-state index contributed by atoms with van der Waals surface area (Å²) in [6.45, 7) is 0.477. The second-order valence-corrected chi connectivity index (χ2v) is 1.50. The molecule has 0 aromatic heterocycles. The van der Waals surface area contributed by atoms with Gasteiger partial charge in [0.15, 0.2) is 0 Å². The Morgan fingerprint density at radius 2 is 2.60 bits per heavy atom. The van der Waals surface area contributed by atoms with Crippen LogP contribution >= 0.6 is 7.51 Å². The Morgan fingerprint density at radius 1 is 2.00 bits per heavy atom. The molecule has 0 aromatic rings. The lowest BCUT2D eigenvalue weighted by Crippen LogP contribution is -2.10. The lowest BCUT2D eigenvalue weighted by atomic mass is 11.3.